The second-order valence-corrected chi connectivity index (χ2v) is 5.48. The molecule has 0 amide bonds. The van der Waals surface area contributed by atoms with E-state index in [0.717, 1.165) is 17.6 Å². The van der Waals surface area contributed by atoms with Crippen molar-refractivity contribution in [1.29, 1.82) is 0 Å². The molecule has 0 aliphatic heterocycles. The maximum Gasteiger partial charge on any atom is 0.108 e. The van der Waals surface area contributed by atoms with Gasteiger partial charge in [0.25, 0.3) is 0 Å². The molecule has 0 heterocycles. The van der Waals surface area contributed by atoms with E-state index in [4.69, 9.17) is 4.74 Å². The summed E-state index contributed by atoms with van der Waals surface area (Å²) in [6, 6.07) is 10.0. The normalized spacial score (nSPS) is 12.7. The van der Waals surface area contributed by atoms with Gasteiger partial charge < -0.3 is 14.9 Å². The zero-order valence-corrected chi connectivity index (χ0v) is 12.5. The molecule has 0 saturated heterocycles. The van der Waals surface area contributed by atoms with Gasteiger partial charge in [-0.05, 0) is 44.4 Å². The van der Waals surface area contributed by atoms with Gasteiger partial charge in [-0.3, -0.25) is 0 Å². The highest BCUT2D eigenvalue weighted by molar-refractivity contribution is 5.13. The van der Waals surface area contributed by atoms with Gasteiger partial charge in [0.05, 0.1) is 18.8 Å². The lowest BCUT2D eigenvalue weighted by molar-refractivity contribution is -0.0225. The minimum atomic E-state index is -1.14. The fraction of sp³-hybridized carbons (Fsp3) is 0.471. The van der Waals surface area contributed by atoms with Crippen LogP contribution in [0.2, 0.25) is 0 Å². The minimum absolute atomic E-state index is 0.601. The van der Waals surface area contributed by atoms with Crippen LogP contribution in [0.25, 0.3) is 0 Å². The highest BCUT2D eigenvalue weighted by atomic mass is 16.5. The quantitative estimate of drug-likeness (QED) is 0.595. The Balaban J connectivity index is 2.33. The van der Waals surface area contributed by atoms with Crippen LogP contribution in [-0.4, -0.2) is 28.5 Å². The SMILES string of the molecule is CC(=C=C[C@H](O)C(C)(C)O)CCOCc1ccccc1. The molecular weight excluding hydrogens is 252 g/mol. The second-order valence-electron chi connectivity index (χ2n) is 5.48. The molecule has 3 nitrogen and oxygen atoms in total. The molecule has 1 aromatic rings. The Kier molecular flexibility index (Phi) is 6.69. The summed E-state index contributed by atoms with van der Waals surface area (Å²) in [5, 5.41) is 19.2. The van der Waals surface area contributed by atoms with Gasteiger partial charge >= 0.3 is 0 Å². The monoisotopic (exact) mass is 276 g/mol. The van der Waals surface area contributed by atoms with E-state index in [1.165, 1.54) is 6.08 Å². The third-order valence-electron chi connectivity index (χ3n) is 2.94. The maximum atomic E-state index is 9.64. The summed E-state index contributed by atoms with van der Waals surface area (Å²) in [6.45, 7) is 6.27. The van der Waals surface area contributed by atoms with Crippen molar-refractivity contribution in [1.82, 2.24) is 0 Å². The molecule has 2 N–H and O–H groups in total. The first kappa shape index (κ1) is 16.7. The van der Waals surface area contributed by atoms with Crippen LogP contribution in [0.4, 0.5) is 0 Å². The molecule has 110 valence electrons. The van der Waals surface area contributed by atoms with Crippen molar-refractivity contribution in [2.75, 3.05) is 6.61 Å². The van der Waals surface area contributed by atoms with Crippen LogP contribution in [0.3, 0.4) is 0 Å². The van der Waals surface area contributed by atoms with Crippen molar-refractivity contribution >= 4 is 0 Å². The van der Waals surface area contributed by atoms with Gasteiger partial charge in [0.15, 0.2) is 0 Å². The summed E-state index contributed by atoms with van der Waals surface area (Å²) in [4.78, 5) is 0. The van der Waals surface area contributed by atoms with E-state index in [-0.39, 0.29) is 0 Å². The van der Waals surface area contributed by atoms with Gasteiger partial charge in [-0.15, -0.1) is 5.73 Å². The number of hydrogen-bond donors (Lipinski definition) is 2. The lowest BCUT2D eigenvalue weighted by Crippen LogP contribution is -2.33. The van der Waals surface area contributed by atoms with E-state index < -0.39 is 11.7 Å². The van der Waals surface area contributed by atoms with Gasteiger partial charge in [0.1, 0.15) is 6.10 Å². The Hall–Kier alpha value is -1.38. The van der Waals surface area contributed by atoms with Crippen LogP contribution in [0.15, 0.2) is 47.7 Å². The van der Waals surface area contributed by atoms with E-state index in [1.54, 1.807) is 13.8 Å². The Morgan fingerprint density at radius 2 is 2.00 bits per heavy atom. The van der Waals surface area contributed by atoms with Crippen molar-refractivity contribution < 1.29 is 14.9 Å². The molecule has 0 unspecified atom stereocenters. The molecule has 0 spiro atoms. The van der Waals surface area contributed by atoms with Crippen molar-refractivity contribution in [2.45, 2.75) is 45.5 Å². The van der Waals surface area contributed by atoms with Crippen LogP contribution >= 0.6 is 0 Å². The number of aliphatic hydroxyl groups excluding tert-OH is 1. The van der Waals surface area contributed by atoms with E-state index in [0.29, 0.717) is 13.2 Å². The highest BCUT2D eigenvalue weighted by Gasteiger charge is 2.21. The summed E-state index contributed by atoms with van der Waals surface area (Å²) in [5.74, 6) is 0. The Morgan fingerprint density at radius 3 is 2.60 bits per heavy atom. The van der Waals surface area contributed by atoms with Crippen molar-refractivity contribution in [3.63, 3.8) is 0 Å². The van der Waals surface area contributed by atoms with E-state index in [1.807, 2.05) is 37.3 Å². The molecule has 0 aromatic heterocycles. The molecule has 0 radical (unpaired) electrons. The highest BCUT2D eigenvalue weighted by Crippen LogP contribution is 2.09. The number of benzene rings is 1. The summed E-state index contributed by atoms with van der Waals surface area (Å²) in [6.07, 6.45) is 1.33. The summed E-state index contributed by atoms with van der Waals surface area (Å²) in [5.41, 5.74) is 3.99. The van der Waals surface area contributed by atoms with Crippen molar-refractivity contribution in [3.8, 4) is 0 Å². The van der Waals surface area contributed by atoms with Crippen LogP contribution < -0.4 is 0 Å². The van der Waals surface area contributed by atoms with Gasteiger partial charge in [-0.2, -0.15) is 0 Å². The fourth-order valence-corrected chi connectivity index (χ4v) is 1.49. The number of aliphatic hydroxyl groups is 2. The molecule has 20 heavy (non-hydrogen) atoms. The van der Waals surface area contributed by atoms with E-state index in [2.05, 4.69) is 5.73 Å². The van der Waals surface area contributed by atoms with Gasteiger partial charge in [0.2, 0.25) is 0 Å². The van der Waals surface area contributed by atoms with Crippen molar-refractivity contribution in [3.05, 3.63) is 53.3 Å². The first-order valence-corrected chi connectivity index (χ1v) is 6.84. The fourth-order valence-electron chi connectivity index (χ4n) is 1.49. The molecule has 1 rings (SSSR count). The van der Waals surface area contributed by atoms with Crippen LogP contribution in [-0.2, 0) is 11.3 Å². The Labute approximate surface area is 121 Å². The van der Waals surface area contributed by atoms with E-state index in [9.17, 15) is 10.2 Å². The topological polar surface area (TPSA) is 49.7 Å². The summed E-state index contributed by atoms with van der Waals surface area (Å²) < 4.78 is 5.58. The Morgan fingerprint density at radius 1 is 1.35 bits per heavy atom. The predicted molar refractivity (Wildman–Crippen MR) is 80.3 cm³/mol. The molecule has 0 bridgehead atoms. The molecule has 1 atom stereocenters. The first-order valence-electron chi connectivity index (χ1n) is 6.84. The number of rotatable bonds is 7. The third-order valence-corrected chi connectivity index (χ3v) is 2.94. The molecule has 1 aromatic carbocycles. The third kappa shape index (κ3) is 6.69. The van der Waals surface area contributed by atoms with Gasteiger partial charge in [-0.25, -0.2) is 0 Å². The molecular formula is C17H24O3. The summed E-state index contributed by atoms with van der Waals surface area (Å²) >= 11 is 0. The van der Waals surface area contributed by atoms with E-state index >= 15 is 0 Å². The van der Waals surface area contributed by atoms with Crippen LogP contribution in [0, 0.1) is 0 Å². The molecule has 0 saturated carbocycles. The van der Waals surface area contributed by atoms with Crippen molar-refractivity contribution in [2.24, 2.45) is 0 Å². The molecule has 0 fully saturated rings. The zero-order chi connectivity index (χ0) is 15.0. The molecule has 3 heteroatoms. The lowest BCUT2D eigenvalue weighted by Gasteiger charge is -2.20. The first-order chi connectivity index (χ1) is 9.39. The predicted octanol–water partition coefficient (Wildman–Crippen LogP) is 2.83. The summed E-state index contributed by atoms with van der Waals surface area (Å²) in [7, 11) is 0. The smallest absolute Gasteiger partial charge is 0.108 e. The lowest BCUT2D eigenvalue weighted by atomic mass is 10.0. The average Bonchev–Trinajstić information content (AvgIpc) is 2.41. The largest absolute Gasteiger partial charge is 0.387 e. The number of hydrogen-bond acceptors (Lipinski definition) is 3. The Bertz CT molecular complexity index is 451. The average molecular weight is 276 g/mol. The second kappa shape index (κ2) is 8.03. The molecule has 0 aliphatic rings. The number of ether oxygens (including phenoxy) is 1. The van der Waals surface area contributed by atoms with Crippen LogP contribution in [0.5, 0.6) is 0 Å². The van der Waals surface area contributed by atoms with Gasteiger partial charge in [0, 0.05) is 0 Å². The minimum Gasteiger partial charge on any atom is -0.387 e. The van der Waals surface area contributed by atoms with Crippen LogP contribution in [0.1, 0.15) is 32.8 Å². The standard InChI is InChI=1S/C17H24O3/c1-14(9-10-16(18)17(2,3)19)11-12-20-13-15-7-5-4-6-8-15/h4-8,10,16,18-19H,11-13H2,1-3H3/t9?,16-/m0/s1. The maximum absolute atomic E-state index is 9.64. The molecule has 0 aliphatic carbocycles. The zero-order valence-electron chi connectivity index (χ0n) is 12.5. The van der Waals surface area contributed by atoms with Gasteiger partial charge in [-0.1, -0.05) is 30.3 Å².